The Morgan fingerprint density at radius 3 is 2.75 bits per heavy atom. The van der Waals surface area contributed by atoms with Gasteiger partial charge in [0.25, 0.3) is 0 Å². The van der Waals surface area contributed by atoms with E-state index in [4.69, 9.17) is 5.73 Å². The molecule has 0 saturated carbocycles. The van der Waals surface area contributed by atoms with Gasteiger partial charge < -0.3 is 16.2 Å². The molecule has 16 heavy (non-hydrogen) atoms. The van der Waals surface area contributed by atoms with Crippen LogP contribution in [0.5, 0.6) is 5.75 Å². The van der Waals surface area contributed by atoms with E-state index >= 15 is 0 Å². The zero-order valence-corrected chi connectivity index (χ0v) is 8.99. The first-order chi connectivity index (χ1) is 7.52. The molecule has 0 bridgehead atoms. The molecule has 0 saturated heterocycles. The van der Waals surface area contributed by atoms with Crippen molar-refractivity contribution in [3.8, 4) is 5.75 Å². The Morgan fingerprint density at radius 1 is 1.44 bits per heavy atom. The largest absolute Gasteiger partial charge is 0.505 e. The average molecular weight is 222 g/mol. The second kappa shape index (κ2) is 5.16. The highest BCUT2D eigenvalue weighted by molar-refractivity contribution is 6.00. The second-order valence-electron chi connectivity index (χ2n) is 3.40. The van der Waals surface area contributed by atoms with Crippen LogP contribution in [-0.2, 0) is 4.79 Å². The Kier molecular flexibility index (Phi) is 3.88. The van der Waals surface area contributed by atoms with Crippen molar-refractivity contribution >= 4 is 17.4 Å². The number of aromatic hydroxyl groups is 1. The van der Waals surface area contributed by atoms with Crippen molar-refractivity contribution in [3.05, 3.63) is 23.8 Å². The van der Waals surface area contributed by atoms with Crippen LogP contribution in [0.3, 0.4) is 0 Å². The number of benzene rings is 1. The van der Waals surface area contributed by atoms with Crippen molar-refractivity contribution in [2.75, 3.05) is 12.3 Å². The van der Waals surface area contributed by atoms with E-state index in [-0.39, 0.29) is 41.7 Å². The predicted octanol–water partition coefficient (Wildman–Crippen LogP) is 0.683. The third kappa shape index (κ3) is 2.98. The SMILES string of the molecule is CC(=O)NCCC(=O)c1cccc(N)c1O. The summed E-state index contributed by atoms with van der Waals surface area (Å²) in [5.74, 6) is -0.640. The fourth-order valence-electron chi connectivity index (χ4n) is 1.27. The first-order valence-electron chi connectivity index (χ1n) is 4.87. The van der Waals surface area contributed by atoms with Crippen LogP contribution in [0.15, 0.2) is 18.2 Å². The van der Waals surface area contributed by atoms with E-state index in [0.717, 1.165) is 0 Å². The quantitative estimate of drug-likeness (QED) is 0.397. The monoisotopic (exact) mass is 222 g/mol. The summed E-state index contributed by atoms with van der Waals surface area (Å²) >= 11 is 0. The molecule has 0 aliphatic rings. The molecule has 0 unspecified atom stereocenters. The number of Topliss-reactive ketones (excluding diaryl/α,β-unsaturated/α-hetero) is 1. The number of nitrogen functional groups attached to an aromatic ring is 1. The number of para-hydroxylation sites is 1. The lowest BCUT2D eigenvalue weighted by atomic mass is 10.1. The first-order valence-corrected chi connectivity index (χ1v) is 4.87. The molecule has 0 radical (unpaired) electrons. The van der Waals surface area contributed by atoms with E-state index in [0.29, 0.717) is 0 Å². The maximum atomic E-state index is 11.6. The molecule has 0 aliphatic carbocycles. The molecular formula is C11H14N2O3. The zero-order valence-electron chi connectivity index (χ0n) is 8.99. The van der Waals surface area contributed by atoms with Crippen LogP contribution in [0.1, 0.15) is 23.7 Å². The van der Waals surface area contributed by atoms with Gasteiger partial charge in [-0.25, -0.2) is 0 Å². The third-order valence-corrected chi connectivity index (χ3v) is 2.09. The minimum absolute atomic E-state index is 0.136. The summed E-state index contributed by atoms with van der Waals surface area (Å²) in [7, 11) is 0. The fourth-order valence-corrected chi connectivity index (χ4v) is 1.27. The van der Waals surface area contributed by atoms with Gasteiger partial charge in [0.05, 0.1) is 11.3 Å². The number of ketones is 1. The molecule has 1 aromatic carbocycles. The molecule has 1 aromatic rings. The van der Waals surface area contributed by atoms with E-state index in [1.807, 2.05) is 0 Å². The topological polar surface area (TPSA) is 92.4 Å². The number of carbonyl (C=O) groups is 2. The molecular weight excluding hydrogens is 208 g/mol. The highest BCUT2D eigenvalue weighted by Gasteiger charge is 2.12. The van der Waals surface area contributed by atoms with Crippen molar-refractivity contribution in [2.24, 2.45) is 0 Å². The van der Waals surface area contributed by atoms with Crippen LogP contribution in [0.25, 0.3) is 0 Å². The van der Waals surface area contributed by atoms with Gasteiger partial charge in [-0.1, -0.05) is 6.07 Å². The Labute approximate surface area is 93.3 Å². The minimum atomic E-state index is -0.251. The van der Waals surface area contributed by atoms with Crippen molar-refractivity contribution < 1.29 is 14.7 Å². The van der Waals surface area contributed by atoms with Gasteiger partial charge in [-0.3, -0.25) is 9.59 Å². The molecule has 0 spiro atoms. The lowest BCUT2D eigenvalue weighted by molar-refractivity contribution is -0.118. The van der Waals surface area contributed by atoms with Gasteiger partial charge in [0.1, 0.15) is 5.75 Å². The molecule has 1 amide bonds. The number of phenolic OH excluding ortho intramolecular Hbond substituents is 1. The Hall–Kier alpha value is -2.04. The smallest absolute Gasteiger partial charge is 0.216 e. The van der Waals surface area contributed by atoms with Gasteiger partial charge in [-0.05, 0) is 12.1 Å². The summed E-state index contributed by atoms with van der Waals surface area (Å²) in [4.78, 5) is 22.2. The number of nitrogens with one attached hydrogen (secondary N) is 1. The van der Waals surface area contributed by atoms with Gasteiger partial charge in [-0.15, -0.1) is 0 Å². The Balaban J connectivity index is 2.66. The zero-order chi connectivity index (χ0) is 12.1. The van der Waals surface area contributed by atoms with E-state index in [9.17, 15) is 14.7 Å². The number of carbonyl (C=O) groups excluding carboxylic acids is 2. The van der Waals surface area contributed by atoms with Crippen molar-refractivity contribution in [2.45, 2.75) is 13.3 Å². The summed E-state index contributed by atoms with van der Waals surface area (Å²) in [6.07, 6.45) is 0.136. The first kappa shape index (κ1) is 12.0. The van der Waals surface area contributed by atoms with Crippen molar-refractivity contribution in [1.29, 1.82) is 0 Å². The Bertz CT molecular complexity index is 416. The number of anilines is 1. The molecule has 5 nitrogen and oxygen atoms in total. The molecule has 0 fully saturated rings. The van der Waals surface area contributed by atoms with E-state index in [2.05, 4.69) is 5.32 Å². The van der Waals surface area contributed by atoms with Gasteiger partial charge in [-0.2, -0.15) is 0 Å². The van der Waals surface area contributed by atoms with Gasteiger partial charge >= 0.3 is 0 Å². The number of phenols is 1. The third-order valence-electron chi connectivity index (χ3n) is 2.09. The van der Waals surface area contributed by atoms with E-state index in [1.54, 1.807) is 6.07 Å². The van der Waals surface area contributed by atoms with Crippen LogP contribution in [-0.4, -0.2) is 23.3 Å². The van der Waals surface area contributed by atoms with Gasteiger partial charge in [0.2, 0.25) is 5.91 Å². The normalized spacial score (nSPS) is 9.81. The number of rotatable bonds is 4. The van der Waals surface area contributed by atoms with E-state index in [1.165, 1.54) is 19.1 Å². The molecule has 0 aromatic heterocycles. The predicted molar refractivity (Wildman–Crippen MR) is 60.2 cm³/mol. The van der Waals surface area contributed by atoms with Crippen LogP contribution in [0, 0.1) is 0 Å². The molecule has 86 valence electrons. The van der Waals surface area contributed by atoms with Crippen molar-refractivity contribution in [3.63, 3.8) is 0 Å². The summed E-state index contributed by atoms with van der Waals surface area (Å²) in [6.45, 7) is 1.63. The van der Waals surface area contributed by atoms with Gasteiger partial charge in [0.15, 0.2) is 5.78 Å². The summed E-state index contributed by atoms with van der Waals surface area (Å²) in [5, 5.41) is 12.1. The van der Waals surface area contributed by atoms with E-state index < -0.39 is 0 Å². The second-order valence-corrected chi connectivity index (χ2v) is 3.40. The lowest BCUT2D eigenvalue weighted by Crippen LogP contribution is -2.23. The average Bonchev–Trinajstić information content (AvgIpc) is 2.21. The highest BCUT2D eigenvalue weighted by Crippen LogP contribution is 2.25. The molecule has 0 heterocycles. The van der Waals surface area contributed by atoms with Crippen LogP contribution in [0.4, 0.5) is 5.69 Å². The molecule has 1 rings (SSSR count). The minimum Gasteiger partial charge on any atom is -0.505 e. The maximum absolute atomic E-state index is 11.6. The number of hydrogen-bond acceptors (Lipinski definition) is 4. The van der Waals surface area contributed by atoms with Gasteiger partial charge in [0, 0.05) is 19.9 Å². The highest BCUT2D eigenvalue weighted by atomic mass is 16.3. The molecule has 0 atom stereocenters. The Morgan fingerprint density at radius 2 is 2.12 bits per heavy atom. The fraction of sp³-hybridized carbons (Fsp3) is 0.273. The summed E-state index contributed by atoms with van der Waals surface area (Å²) in [5.41, 5.74) is 5.82. The summed E-state index contributed by atoms with van der Waals surface area (Å²) < 4.78 is 0. The number of hydrogen-bond donors (Lipinski definition) is 3. The summed E-state index contributed by atoms with van der Waals surface area (Å²) in [6, 6.07) is 4.61. The molecule has 4 N–H and O–H groups in total. The van der Waals surface area contributed by atoms with Crippen molar-refractivity contribution in [1.82, 2.24) is 5.32 Å². The molecule has 5 heteroatoms. The van der Waals surface area contributed by atoms with Crippen LogP contribution in [0.2, 0.25) is 0 Å². The maximum Gasteiger partial charge on any atom is 0.216 e. The number of amides is 1. The standard InChI is InChI=1S/C11H14N2O3/c1-7(14)13-6-5-10(15)8-3-2-4-9(12)11(8)16/h2-4,16H,5-6,12H2,1H3,(H,13,14). The van der Waals surface area contributed by atoms with Crippen LogP contribution >= 0.6 is 0 Å². The number of nitrogens with two attached hydrogens (primary N) is 1. The lowest BCUT2D eigenvalue weighted by Gasteiger charge is -2.06. The van der Waals surface area contributed by atoms with Crippen LogP contribution < -0.4 is 11.1 Å². The molecule has 0 aliphatic heterocycles.